The lowest BCUT2D eigenvalue weighted by Crippen LogP contribution is -2.36. The minimum absolute atomic E-state index is 0.193. The van der Waals surface area contributed by atoms with Crippen molar-refractivity contribution < 1.29 is 12.8 Å². The molecular weight excluding hydrogens is 378 g/mol. The van der Waals surface area contributed by atoms with Gasteiger partial charge >= 0.3 is 0 Å². The van der Waals surface area contributed by atoms with Crippen molar-refractivity contribution in [3.8, 4) is 11.6 Å². The van der Waals surface area contributed by atoms with Gasteiger partial charge in [-0.1, -0.05) is 25.5 Å². The Hall–Kier alpha value is -2.00. The van der Waals surface area contributed by atoms with Gasteiger partial charge in [-0.15, -0.1) is 10.2 Å². The highest BCUT2D eigenvalue weighted by molar-refractivity contribution is 7.88. The molecule has 1 aliphatic carbocycles. The lowest BCUT2D eigenvalue weighted by molar-refractivity contribution is 0.223. The largest absolute Gasteiger partial charge is 0.419 e. The van der Waals surface area contributed by atoms with Crippen LogP contribution in [-0.2, 0) is 23.5 Å². The summed E-state index contributed by atoms with van der Waals surface area (Å²) in [6.07, 6.45) is 8.48. The molecule has 8 nitrogen and oxygen atoms in total. The number of sulfonamides is 1. The number of aromatic nitrogens is 4. The highest BCUT2D eigenvalue weighted by atomic mass is 32.2. The van der Waals surface area contributed by atoms with Crippen LogP contribution in [0, 0.1) is 23.7 Å². The second-order valence-corrected chi connectivity index (χ2v) is 9.96. The molecule has 3 atom stereocenters. The van der Waals surface area contributed by atoms with Gasteiger partial charge in [0.2, 0.25) is 15.9 Å². The van der Waals surface area contributed by atoms with Crippen LogP contribution in [0.2, 0.25) is 0 Å². The molecule has 0 aromatic carbocycles. The molecular formula is C19H29N5O3S. The molecule has 0 aliphatic heterocycles. The lowest BCUT2D eigenvalue weighted by atomic mass is 9.70. The topological polar surface area (TPSA) is 103 Å². The third kappa shape index (κ3) is 4.88. The van der Waals surface area contributed by atoms with E-state index in [0.717, 1.165) is 12.1 Å². The van der Waals surface area contributed by atoms with Crippen molar-refractivity contribution in [2.24, 2.45) is 30.7 Å². The summed E-state index contributed by atoms with van der Waals surface area (Å²) in [6.45, 7) is 6.93. The van der Waals surface area contributed by atoms with E-state index in [1.807, 2.05) is 11.6 Å². The number of hydrogen-bond donors (Lipinski definition) is 1. The standard InChI is InChI=1S/C19H29N5O3S/c1-12(2)16-7-14(13(3)6-15(16)9-21-28(5,25)26)8-18-22-23-19(27-18)17-10-20-11-24(17)4/h6,10-12,14-16,21H,7-9H2,1-5H3/t14-,15-,16-/m0/s1. The first-order valence-electron chi connectivity index (χ1n) is 9.56. The molecule has 0 saturated heterocycles. The highest BCUT2D eigenvalue weighted by Crippen LogP contribution is 2.38. The maximum atomic E-state index is 11.5. The molecule has 0 spiro atoms. The first kappa shape index (κ1) is 20.7. The summed E-state index contributed by atoms with van der Waals surface area (Å²) in [5.74, 6) is 2.43. The van der Waals surface area contributed by atoms with Crippen molar-refractivity contribution in [3.05, 3.63) is 30.1 Å². The van der Waals surface area contributed by atoms with Gasteiger partial charge < -0.3 is 8.98 Å². The fraction of sp³-hybridized carbons (Fsp3) is 0.632. The summed E-state index contributed by atoms with van der Waals surface area (Å²) in [4.78, 5) is 4.08. The van der Waals surface area contributed by atoms with Crippen LogP contribution in [0.25, 0.3) is 11.6 Å². The molecule has 2 aromatic rings. The Morgan fingerprint density at radius 1 is 1.36 bits per heavy atom. The molecule has 0 amide bonds. The third-order valence-corrected chi connectivity index (χ3v) is 6.28. The molecule has 2 heterocycles. The summed E-state index contributed by atoms with van der Waals surface area (Å²) < 4.78 is 33.4. The predicted octanol–water partition coefficient (Wildman–Crippen LogP) is 2.42. The average Bonchev–Trinajstić information content (AvgIpc) is 3.22. The lowest BCUT2D eigenvalue weighted by Gasteiger charge is -2.36. The van der Waals surface area contributed by atoms with Gasteiger partial charge in [-0.05, 0) is 37.0 Å². The Morgan fingerprint density at radius 2 is 2.11 bits per heavy atom. The van der Waals surface area contributed by atoms with Crippen LogP contribution < -0.4 is 4.72 Å². The maximum Gasteiger partial charge on any atom is 0.265 e. The van der Waals surface area contributed by atoms with Crippen LogP contribution in [0.3, 0.4) is 0 Å². The Balaban J connectivity index is 1.74. The van der Waals surface area contributed by atoms with Gasteiger partial charge in [0, 0.05) is 20.0 Å². The number of rotatable bonds is 7. The summed E-state index contributed by atoms with van der Waals surface area (Å²) in [5.41, 5.74) is 2.04. The Labute approximate surface area is 166 Å². The molecule has 3 rings (SSSR count). The van der Waals surface area contributed by atoms with E-state index in [1.165, 1.54) is 11.8 Å². The second-order valence-electron chi connectivity index (χ2n) is 8.13. The van der Waals surface area contributed by atoms with Crippen LogP contribution in [0.15, 0.2) is 28.6 Å². The summed E-state index contributed by atoms with van der Waals surface area (Å²) in [7, 11) is -1.31. The molecule has 28 heavy (non-hydrogen) atoms. The van der Waals surface area contributed by atoms with Crippen LogP contribution in [0.4, 0.5) is 0 Å². The number of nitrogens with one attached hydrogen (secondary N) is 1. The number of hydrogen-bond acceptors (Lipinski definition) is 6. The molecule has 154 valence electrons. The predicted molar refractivity (Wildman–Crippen MR) is 107 cm³/mol. The monoisotopic (exact) mass is 407 g/mol. The molecule has 0 bridgehead atoms. The molecule has 0 saturated carbocycles. The van der Waals surface area contributed by atoms with Crippen molar-refractivity contribution in [1.29, 1.82) is 0 Å². The molecule has 0 unspecified atom stereocenters. The molecule has 1 N–H and O–H groups in total. The fourth-order valence-electron chi connectivity index (χ4n) is 3.97. The molecule has 9 heteroatoms. The third-order valence-electron chi connectivity index (χ3n) is 5.59. The summed E-state index contributed by atoms with van der Waals surface area (Å²) in [5, 5.41) is 8.38. The molecule has 0 radical (unpaired) electrons. The van der Waals surface area contributed by atoms with Gasteiger partial charge in [-0.25, -0.2) is 18.1 Å². The van der Waals surface area contributed by atoms with Crippen molar-refractivity contribution in [2.45, 2.75) is 33.6 Å². The average molecular weight is 408 g/mol. The number of aryl methyl sites for hydroxylation is 1. The van der Waals surface area contributed by atoms with E-state index in [-0.39, 0.29) is 5.92 Å². The first-order chi connectivity index (χ1) is 13.1. The minimum atomic E-state index is -3.19. The van der Waals surface area contributed by atoms with E-state index >= 15 is 0 Å². The normalized spacial score (nSPS) is 23.2. The van der Waals surface area contributed by atoms with Gasteiger partial charge in [0.25, 0.3) is 5.89 Å². The van der Waals surface area contributed by atoms with E-state index in [4.69, 9.17) is 4.42 Å². The molecule has 1 aliphatic rings. The Morgan fingerprint density at radius 3 is 2.71 bits per heavy atom. The quantitative estimate of drug-likeness (QED) is 0.707. The Kier molecular flexibility index (Phi) is 6.04. The first-order valence-corrected chi connectivity index (χ1v) is 11.4. The van der Waals surface area contributed by atoms with Gasteiger partial charge in [0.05, 0.1) is 18.8 Å². The zero-order chi connectivity index (χ0) is 20.5. The van der Waals surface area contributed by atoms with Gasteiger partial charge in [0.15, 0.2) is 0 Å². The van der Waals surface area contributed by atoms with Crippen molar-refractivity contribution in [3.63, 3.8) is 0 Å². The molecule has 2 aromatic heterocycles. The van der Waals surface area contributed by atoms with Gasteiger partial charge in [-0.2, -0.15) is 0 Å². The van der Waals surface area contributed by atoms with Crippen LogP contribution in [0.5, 0.6) is 0 Å². The minimum Gasteiger partial charge on any atom is -0.419 e. The fourth-order valence-corrected chi connectivity index (χ4v) is 4.46. The van der Waals surface area contributed by atoms with E-state index in [9.17, 15) is 8.42 Å². The zero-order valence-electron chi connectivity index (χ0n) is 17.1. The van der Waals surface area contributed by atoms with Crippen LogP contribution >= 0.6 is 0 Å². The second kappa shape index (κ2) is 8.16. The van der Waals surface area contributed by atoms with Crippen molar-refractivity contribution in [2.75, 3.05) is 12.8 Å². The highest BCUT2D eigenvalue weighted by Gasteiger charge is 2.32. The molecule has 0 fully saturated rings. The summed E-state index contributed by atoms with van der Waals surface area (Å²) >= 11 is 0. The Bertz CT molecular complexity index is 944. The SMILES string of the molecule is CC1=C[C@@H](CNS(C)(=O)=O)[C@H](C(C)C)C[C@H]1Cc1nnc(-c2cncn2C)o1. The number of nitrogens with zero attached hydrogens (tertiary/aromatic N) is 4. The van der Waals surface area contributed by atoms with Crippen molar-refractivity contribution >= 4 is 10.0 Å². The summed E-state index contributed by atoms with van der Waals surface area (Å²) in [6, 6.07) is 0. The van der Waals surface area contributed by atoms with Gasteiger partial charge in [0.1, 0.15) is 5.69 Å². The van der Waals surface area contributed by atoms with E-state index < -0.39 is 10.0 Å². The van der Waals surface area contributed by atoms with Gasteiger partial charge in [-0.3, -0.25) is 0 Å². The van der Waals surface area contributed by atoms with Crippen molar-refractivity contribution in [1.82, 2.24) is 24.5 Å². The number of allylic oxidation sites excluding steroid dienone is 1. The van der Waals surface area contributed by atoms with E-state index in [1.54, 1.807) is 12.5 Å². The smallest absolute Gasteiger partial charge is 0.265 e. The van der Waals surface area contributed by atoms with E-state index in [0.29, 0.717) is 42.5 Å². The van der Waals surface area contributed by atoms with E-state index in [2.05, 4.69) is 46.8 Å². The van der Waals surface area contributed by atoms with Crippen LogP contribution in [0.1, 0.15) is 33.1 Å². The van der Waals surface area contributed by atoms with Crippen LogP contribution in [-0.4, -0.2) is 41.0 Å². The maximum absolute atomic E-state index is 11.5. The number of imidazole rings is 1. The zero-order valence-corrected chi connectivity index (χ0v) is 17.9.